The topological polar surface area (TPSA) is 97.4 Å². The lowest BCUT2D eigenvalue weighted by atomic mass is 10.2. The number of aromatic nitrogens is 1. The standard InChI is InChI=1S/C21H20FN3O4S/c1-2-29-21-16(8-6-12-23-21)14-24-20(26)15-7-5-9-17(13-15)30(27,28)25-19-11-4-3-10-18(19)22/h3-13,25H,2,14H2,1H3,(H,24,26). The van der Waals surface area contributed by atoms with E-state index in [4.69, 9.17) is 4.74 Å². The lowest BCUT2D eigenvalue weighted by Crippen LogP contribution is -2.24. The van der Waals surface area contributed by atoms with Crippen molar-refractivity contribution in [2.24, 2.45) is 0 Å². The first-order valence-corrected chi connectivity index (χ1v) is 10.6. The number of carbonyl (C=O) groups excluding carboxylic acids is 1. The number of anilines is 1. The number of sulfonamides is 1. The summed E-state index contributed by atoms with van der Waals surface area (Å²) in [6, 6.07) is 14.4. The largest absolute Gasteiger partial charge is 0.478 e. The quantitative estimate of drug-likeness (QED) is 0.572. The Morgan fingerprint density at radius 3 is 2.67 bits per heavy atom. The van der Waals surface area contributed by atoms with E-state index in [9.17, 15) is 17.6 Å². The Kier molecular flexibility index (Phi) is 6.63. The Balaban J connectivity index is 1.75. The van der Waals surface area contributed by atoms with Crippen LogP contribution in [0, 0.1) is 5.82 Å². The van der Waals surface area contributed by atoms with Crippen molar-refractivity contribution in [2.75, 3.05) is 11.3 Å². The molecule has 0 bridgehead atoms. The molecule has 156 valence electrons. The van der Waals surface area contributed by atoms with Crippen LogP contribution in [0.15, 0.2) is 71.8 Å². The fourth-order valence-electron chi connectivity index (χ4n) is 2.66. The molecular weight excluding hydrogens is 409 g/mol. The van der Waals surface area contributed by atoms with E-state index >= 15 is 0 Å². The van der Waals surface area contributed by atoms with Gasteiger partial charge in [0.25, 0.3) is 15.9 Å². The highest BCUT2D eigenvalue weighted by Crippen LogP contribution is 2.20. The van der Waals surface area contributed by atoms with Gasteiger partial charge in [0.1, 0.15) is 5.82 Å². The highest BCUT2D eigenvalue weighted by molar-refractivity contribution is 7.92. The summed E-state index contributed by atoms with van der Waals surface area (Å²) in [5, 5.41) is 2.72. The van der Waals surface area contributed by atoms with E-state index in [1.807, 2.05) is 6.92 Å². The smallest absolute Gasteiger partial charge is 0.262 e. The van der Waals surface area contributed by atoms with Gasteiger partial charge in [-0.25, -0.2) is 17.8 Å². The molecule has 1 amide bonds. The summed E-state index contributed by atoms with van der Waals surface area (Å²) >= 11 is 0. The number of carbonyl (C=O) groups is 1. The van der Waals surface area contributed by atoms with Crippen LogP contribution in [-0.2, 0) is 16.6 Å². The van der Waals surface area contributed by atoms with Gasteiger partial charge >= 0.3 is 0 Å². The Labute approximate surface area is 174 Å². The summed E-state index contributed by atoms with van der Waals surface area (Å²) in [5.74, 6) is -0.744. The number of amides is 1. The third-order valence-electron chi connectivity index (χ3n) is 4.10. The molecule has 3 rings (SSSR count). The predicted molar refractivity (Wildman–Crippen MR) is 110 cm³/mol. The van der Waals surface area contributed by atoms with Crippen molar-refractivity contribution in [3.63, 3.8) is 0 Å². The summed E-state index contributed by atoms with van der Waals surface area (Å²) in [5.41, 5.74) is 0.665. The van der Waals surface area contributed by atoms with Gasteiger partial charge in [-0.2, -0.15) is 0 Å². The summed E-state index contributed by atoms with van der Waals surface area (Å²) in [7, 11) is -4.07. The molecule has 0 aliphatic rings. The maximum atomic E-state index is 13.8. The molecular formula is C21H20FN3O4S. The molecule has 0 fully saturated rings. The maximum Gasteiger partial charge on any atom is 0.262 e. The first-order valence-electron chi connectivity index (χ1n) is 9.13. The van der Waals surface area contributed by atoms with Gasteiger partial charge in [0.05, 0.1) is 17.2 Å². The highest BCUT2D eigenvalue weighted by atomic mass is 32.2. The minimum atomic E-state index is -4.07. The second kappa shape index (κ2) is 9.36. The number of halogens is 1. The fraction of sp³-hybridized carbons (Fsp3) is 0.143. The monoisotopic (exact) mass is 429 g/mol. The lowest BCUT2D eigenvalue weighted by Gasteiger charge is -2.11. The third kappa shape index (κ3) is 5.12. The van der Waals surface area contributed by atoms with Crippen LogP contribution in [0.5, 0.6) is 5.88 Å². The maximum absolute atomic E-state index is 13.8. The van der Waals surface area contributed by atoms with Crippen LogP contribution in [0.4, 0.5) is 10.1 Å². The average molecular weight is 429 g/mol. The van der Waals surface area contributed by atoms with Gasteiger partial charge in [-0.3, -0.25) is 9.52 Å². The van der Waals surface area contributed by atoms with Gasteiger partial charge in [-0.05, 0) is 43.3 Å². The Bertz CT molecular complexity index is 1150. The molecule has 30 heavy (non-hydrogen) atoms. The summed E-state index contributed by atoms with van der Waals surface area (Å²) < 4.78 is 46.6. The molecule has 0 unspecified atom stereocenters. The summed E-state index contributed by atoms with van der Waals surface area (Å²) in [6.07, 6.45) is 1.59. The minimum absolute atomic E-state index is 0.147. The fourth-order valence-corrected chi connectivity index (χ4v) is 3.77. The number of hydrogen-bond donors (Lipinski definition) is 2. The number of rotatable bonds is 8. The molecule has 0 radical (unpaired) electrons. The number of pyridine rings is 1. The Hall–Kier alpha value is -3.46. The first kappa shape index (κ1) is 21.3. The number of nitrogens with zero attached hydrogens (tertiary/aromatic N) is 1. The molecule has 3 aromatic rings. The van der Waals surface area contributed by atoms with Crippen LogP contribution in [0.25, 0.3) is 0 Å². The van der Waals surface area contributed by atoms with Crippen molar-refractivity contribution in [1.29, 1.82) is 0 Å². The Morgan fingerprint density at radius 1 is 1.10 bits per heavy atom. The number of nitrogens with one attached hydrogen (secondary N) is 2. The zero-order valence-corrected chi connectivity index (χ0v) is 16.9. The molecule has 0 saturated heterocycles. The van der Waals surface area contributed by atoms with E-state index in [0.717, 1.165) is 6.07 Å². The van der Waals surface area contributed by atoms with Gasteiger partial charge in [0.2, 0.25) is 5.88 Å². The zero-order chi connectivity index (χ0) is 21.6. The van der Waals surface area contributed by atoms with E-state index in [-0.39, 0.29) is 22.7 Å². The molecule has 2 aromatic carbocycles. The Morgan fingerprint density at radius 2 is 1.90 bits per heavy atom. The van der Waals surface area contributed by atoms with Gasteiger partial charge < -0.3 is 10.1 Å². The SMILES string of the molecule is CCOc1ncccc1CNC(=O)c1cccc(S(=O)(=O)Nc2ccccc2F)c1. The van der Waals surface area contributed by atoms with Crippen molar-refractivity contribution >= 4 is 21.6 Å². The molecule has 0 atom stereocenters. The van der Waals surface area contributed by atoms with E-state index in [1.165, 1.54) is 42.5 Å². The average Bonchev–Trinajstić information content (AvgIpc) is 2.75. The van der Waals surface area contributed by atoms with Crippen LogP contribution in [0.2, 0.25) is 0 Å². The van der Waals surface area contributed by atoms with Gasteiger partial charge in [-0.15, -0.1) is 0 Å². The number of benzene rings is 2. The second-order valence-corrected chi connectivity index (χ2v) is 7.88. The van der Waals surface area contributed by atoms with Crippen molar-refractivity contribution in [2.45, 2.75) is 18.4 Å². The van der Waals surface area contributed by atoms with Crippen molar-refractivity contribution in [3.05, 3.63) is 83.8 Å². The van der Waals surface area contributed by atoms with Crippen LogP contribution in [0.3, 0.4) is 0 Å². The molecule has 1 heterocycles. The second-order valence-electron chi connectivity index (χ2n) is 6.20. The van der Waals surface area contributed by atoms with Gasteiger partial charge in [0.15, 0.2) is 0 Å². The lowest BCUT2D eigenvalue weighted by molar-refractivity contribution is 0.0950. The normalized spacial score (nSPS) is 11.0. The first-order chi connectivity index (χ1) is 14.4. The molecule has 0 aliphatic carbocycles. The van der Waals surface area contributed by atoms with Crippen molar-refractivity contribution in [3.8, 4) is 5.88 Å². The van der Waals surface area contributed by atoms with E-state index < -0.39 is 21.7 Å². The highest BCUT2D eigenvalue weighted by Gasteiger charge is 2.18. The number of ether oxygens (including phenoxy) is 1. The molecule has 0 aliphatic heterocycles. The molecule has 9 heteroatoms. The van der Waals surface area contributed by atoms with Crippen LogP contribution in [-0.4, -0.2) is 25.9 Å². The van der Waals surface area contributed by atoms with E-state index in [1.54, 1.807) is 18.3 Å². The van der Waals surface area contributed by atoms with E-state index in [2.05, 4.69) is 15.0 Å². The predicted octanol–water partition coefficient (Wildman–Crippen LogP) is 3.35. The van der Waals surface area contributed by atoms with Crippen molar-refractivity contribution < 1.29 is 22.3 Å². The molecule has 7 nitrogen and oxygen atoms in total. The molecule has 2 N–H and O–H groups in total. The molecule has 0 spiro atoms. The zero-order valence-electron chi connectivity index (χ0n) is 16.1. The third-order valence-corrected chi connectivity index (χ3v) is 5.46. The van der Waals surface area contributed by atoms with Crippen molar-refractivity contribution in [1.82, 2.24) is 10.3 Å². The van der Waals surface area contributed by atoms with E-state index in [0.29, 0.717) is 18.1 Å². The van der Waals surface area contributed by atoms with Crippen LogP contribution in [0.1, 0.15) is 22.8 Å². The molecule has 0 saturated carbocycles. The number of para-hydroxylation sites is 1. The molecule has 1 aromatic heterocycles. The van der Waals surface area contributed by atoms with Gasteiger partial charge in [-0.1, -0.05) is 24.3 Å². The minimum Gasteiger partial charge on any atom is -0.478 e. The van der Waals surface area contributed by atoms with Gasteiger partial charge in [0, 0.05) is 23.9 Å². The number of hydrogen-bond acceptors (Lipinski definition) is 5. The van der Waals surface area contributed by atoms with Crippen LogP contribution < -0.4 is 14.8 Å². The summed E-state index contributed by atoms with van der Waals surface area (Å²) in [4.78, 5) is 16.5. The van der Waals surface area contributed by atoms with Crippen LogP contribution >= 0.6 is 0 Å². The summed E-state index contributed by atoms with van der Waals surface area (Å²) in [6.45, 7) is 2.43.